The highest BCUT2D eigenvalue weighted by atomic mass is 32.2. The summed E-state index contributed by atoms with van der Waals surface area (Å²) in [6.07, 6.45) is 4.34. The van der Waals surface area contributed by atoms with Crippen LogP contribution in [0, 0.1) is 13.8 Å². The molecule has 148 valence electrons. The molecule has 4 rings (SSSR count). The van der Waals surface area contributed by atoms with Gasteiger partial charge in [0.15, 0.2) is 11.4 Å². The lowest BCUT2D eigenvalue weighted by atomic mass is 10.2. The highest BCUT2D eigenvalue weighted by molar-refractivity contribution is 8.00. The zero-order chi connectivity index (χ0) is 20.4. The number of benzene rings is 1. The molecule has 29 heavy (non-hydrogen) atoms. The van der Waals surface area contributed by atoms with Crippen molar-refractivity contribution in [1.29, 1.82) is 0 Å². The van der Waals surface area contributed by atoms with Gasteiger partial charge >= 0.3 is 0 Å². The number of carbonyl (C=O) groups excluding carboxylic acids is 1. The van der Waals surface area contributed by atoms with E-state index in [-0.39, 0.29) is 5.78 Å². The Morgan fingerprint density at radius 2 is 1.93 bits per heavy atom. The molecule has 4 aromatic rings. The van der Waals surface area contributed by atoms with Gasteiger partial charge in [0.2, 0.25) is 0 Å². The van der Waals surface area contributed by atoms with Crippen molar-refractivity contribution >= 4 is 28.6 Å². The zero-order valence-corrected chi connectivity index (χ0v) is 17.6. The van der Waals surface area contributed by atoms with E-state index in [4.69, 9.17) is 0 Å². The maximum atomic E-state index is 12.9. The molecule has 1 aromatic carbocycles. The summed E-state index contributed by atoms with van der Waals surface area (Å²) in [7, 11) is 0. The third-order valence-corrected chi connectivity index (χ3v) is 6.00. The number of thioether (sulfide) groups is 1. The number of hydrogen-bond donors (Lipinski definition) is 0. The second kappa shape index (κ2) is 8.21. The van der Waals surface area contributed by atoms with Gasteiger partial charge in [-0.25, -0.2) is 14.6 Å². The SMILES string of the molecule is CCCn1c(C)cc(C(=O)CSc2ncnc3c2cnn3-c2ccccc2)c1C. The summed E-state index contributed by atoms with van der Waals surface area (Å²) in [5, 5.41) is 6.10. The van der Waals surface area contributed by atoms with Gasteiger partial charge in [0.05, 0.1) is 23.0 Å². The van der Waals surface area contributed by atoms with Crippen molar-refractivity contribution < 1.29 is 4.79 Å². The molecule has 6 nitrogen and oxygen atoms in total. The first-order chi connectivity index (χ1) is 14.1. The molecule has 0 spiro atoms. The number of ketones is 1. The third kappa shape index (κ3) is 3.70. The van der Waals surface area contributed by atoms with E-state index in [9.17, 15) is 4.79 Å². The summed E-state index contributed by atoms with van der Waals surface area (Å²) in [5.74, 6) is 0.451. The van der Waals surface area contributed by atoms with Gasteiger partial charge < -0.3 is 4.57 Å². The van der Waals surface area contributed by atoms with Crippen molar-refractivity contribution in [3.63, 3.8) is 0 Å². The number of aromatic nitrogens is 5. The van der Waals surface area contributed by atoms with Crippen molar-refractivity contribution in [1.82, 2.24) is 24.3 Å². The molecular weight excluding hydrogens is 382 g/mol. The minimum atomic E-state index is 0.118. The van der Waals surface area contributed by atoms with Gasteiger partial charge in [-0.3, -0.25) is 4.79 Å². The Labute approximate surface area is 174 Å². The molecule has 0 fully saturated rings. The Hall–Kier alpha value is -2.93. The van der Waals surface area contributed by atoms with Crippen LogP contribution in [0.4, 0.5) is 0 Å². The van der Waals surface area contributed by atoms with Crippen LogP contribution in [0.1, 0.15) is 35.1 Å². The van der Waals surface area contributed by atoms with Crippen molar-refractivity contribution in [3.05, 3.63) is 65.9 Å². The lowest BCUT2D eigenvalue weighted by Crippen LogP contribution is -2.06. The molecule has 0 aliphatic heterocycles. The fraction of sp³-hybridized carbons (Fsp3) is 0.273. The Morgan fingerprint density at radius 3 is 2.69 bits per heavy atom. The Morgan fingerprint density at radius 1 is 1.14 bits per heavy atom. The van der Waals surface area contributed by atoms with Gasteiger partial charge in [0, 0.05) is 23.5 Å². The fourth-order valence-electron chi connectivity index (χ4n) is 3.56. The topological polar surface area (TPSA) is 65.6 Å². The molecule has 0 aliphatic rings. The molecule has 0 amide bonds. The summed E-state index contributed by atoms with van der Waals surface area (Å²) < 4.78 is 4.01. The first-order valence-corrected chi connectivity index (χ1v) is 10.7. The number of hydrogen-bond acceptors (Lipinski definition) is 5. The van der Waals surface area contributed by atoms with Gasteiger partial charge in [0.1, 0.15) is 11.4 Å². The predicted molar refractivity (Wildman–Crippen MR) is 116 cm³/mol. The maximum absolute atomic E-state index is 12.9. The molecule has 0 unspecified atom stereocenters. The van der Waals surface area contributed by atoms with E-state index < -0.39 is 0 Å². The second-order valence-corrected chi connectivity index (χ2v) is 7.92. The van der Waals surface area contributed by atoms with Crippen molar-refractivity contribution in [2.75, 3.05) is 5.75 Å². The van der Waals surface area contributed by atoms with Gasteiger partial charge in [-0.15, -0.1) is 0 Å². The van der Waals surface area contributed by atoms with Crippen LogP contribution < -0.4 is 0 Å². The van der Waals surface area contributed by atoms with E-state index in [2.05, 4.69) is 33.5 Å². The number of carbonyl (C=O) groups is 1. The quantitative estimate of drug-likeness (QED) is 0.255. The number of Topliss-reactive ketones (excluding diaryl/α,β-unsaturated/α-hetero) is 1. The molecular formula is C22H23N5OS. The van der Waals surface area contributed by atoms with Crippen LogP contribution in [-0.4, -0.2) is 35.9 Å². The summed E-state index contributed by atoms with van der Waals surface area (Å²) >= 11 is 1.44. The number of rotatable bonds is 7. The van der Waals surface area contributed by atoms with Crippen LogP contribution >= 0.6 is 11.8 Å². The molecule has 3 heterocycles. The Kier molecular flexibility index (Phi) is 5.49. The fourth-order valence-corrected chi connectivity index (χ4v) is 4.40. The second-order valence-electron chi connectivity index (χ2n) is 6.96. The highest BCUT2D eigenvalue weighted by Crippen LogP contribution is 2.27. The van der Waals surface area contributed by atoms with Crippen LogP contribution in [0.15, 0.2) is 53.9 Å². The maximum Gasteiger partial charge on any atom is 0.174 e. The van der Waals surface area contributed by atoms with Crippen LogP contribution in [0.25, 0.3) is 16.7 Å². The number of aryl methyl sites for hydroxylation is 1. The van der Waals surface area contributed by atoms with Crippen molar-refractivity contribution in [2.24, 2.45) is 0 Å². The average molecular weight is 406 g/mol. The summed E-state index contributed by atoms with van der Waals surface area (Å²) in [5.41, 5.74) is 4.65. The lowest BCUT2D eigenvalue weighted by molar-refractivity contribution is 0.102. The number of fused-ring (bicyclic) bond motifs is 1. The molecule has 0 N–H and O–H groups in total. The molecule has 0 bridgehead atoms. The standard InChI is InChI=1S/C22H23N5OS/c1-4-10-26-15(2)11-18(16(26)3)20(28)13-29-22-19-12-25-27(21(19)23-14-24-22)17-8-6-5-7-9-17/h5-9,11-12,14H,4,10,13H2,1-3H3. The lowest BCUT2D eigenvalue weighted by Gasteiger charge is -2.07. The van der Waals surface area contributed by atoms with E-state index in [1.54, 1.807) is 10.9 Å². The Balaban J connectivity index is 1.57. The normalized spacial score (nSPS) is 11.3. The molecule has 0 aliphatic carbocycles. The molecule has 0 radical (unpaired) electrons. The van der Waals surface area contributed by atoms with Crippen LogP contribution in [0.3, 0.4) is 0 Å². The number of para-hydroxylation sites is 1. The zero-order valence-electron chi connectivity index (χ0n) is 16.8. The molecule has 0 atom stereocenters. The largest absolute Gasteiger partial charge is 0.348 e. The minimum Gasteiger partial charge on any atom is -0.348 e. The minimum absolute atomic E-state index is 0.118. The van der Waals surface area contributed by atoms with Crippen LogP contribution in [0.5, 0.6) is 0 Å². The smallest absolute Gasteiger partial charge is 0.174 e. The van der Waals surface area contributed by atoms with E-state index >= 15 is 0 Å². The molecule has 7 heteroatoms. The summed E-state index contributed by atoms with van der Waals surface area (Å²) in [6.45, 7) is 7.15. The molecule has 0 saturated carbocycles. The third-order valence-electron chi connectivity index (χ3n) is 4.99. The van der Waals surface area contributed by atoms with Crippen LogP contribution in [0.2, 0.25) is 0 Å². The van der Waals surface area contributed by atoms with E-state index in [1.807, 2.05) is 43.3 Å². The summed E-state index contributed by atoms with van der Waals surface area (Å²) in [6, 6.07) is 11.9. The molecule has 0 saturated heterocycles. The monoisotopic (exact) mass is 405 g/mol. The van der Waals surface area contributed by atoms with Gasteiger partial charge in [0.25, 0.3) is 0 Å². The van der Waals surface area contributed by atoms with Crippen molar-refractivity contribution in [3.8, 4) is 5.69 Å². The van der Waals surface area contributed by atoms with Gasteiger partial charge in [-0.1, -0.05) is 36.9 Å². The van der Waals surface area contributed by atoms with E-state index in [0.29, 0.717) is 5.75 Å². The number of nitrogens with zero attached hydrogens (tertiary/aromatic N) is 5. The summed E-state index contributed by atoms with van der Waals surface area (Å²) in [4.78, 5) is 21.7. The van der Waals surface area contributed by atoms with Crippen molar-refractivity contribution in [2.45, 2.75) is 38.8 Å². The first kappa shape index (κ1) is 19.4. The predicted octanol–water partition coefficient (Wildman–Crippen LogP) is 4.62. The van der Waals surface area contributed by atoms with E-state index in [0.717, 1.165) is 51.7 Å². The van der Waals surface area contributed by atoms with E-state index in [1.165, 1.54) is 18.1 Å². The van der Waals surface area contributed by atoms with Crippen LogP contribution in [-0.2, 0) is 6.54 Å². The van der Waals surface area contributed by atoms with Gasteiger partial charge in [-0.2, -0.15) is 5.10 Å². The highest BCUT2D eigenvalue weighted by Gasteiger charge is 2.17. The van der Waals surface area contributed by atoms with Gasteiger partial charge in [-0.05, 0) is 38.5 Å². The average Bonchev–Trinajstić information content (AvgIpc) is 3.30. The first-order valence-electron chi connectivity index (χ1n) is 9.67. The molecule has 3 aromatic heterocycles. The Bertz CT molecular complexity index is 1160.